The second kappa shape index (κ2) is 5.74. The van der Waals surface area contributed by atoms with Gasteiger partial charge in [0.1, 0.15) is 0 Å². The first-order valence-corrected chi connectivity index (χ1v) is 6.51. The Morgan fingerprint density at radius 2 is 1.72 bits per heavy atom. The maximum atomic E-state index is 5.28. The summed E-state index contributed by atoms with van der Waals surface area (Å²) in [4.78, 5) is 2.57. The largest absolute Gasteiger partial charge is 0.493 e. The Labute approximate surface area is 111 Å². The van der Waals surface area contributed by atoms with Crippen LogP contribution in [0.1, 0.15) is 15.3 Å². The van der Waals surface area contributed by atoms with E-state index >= 15 is 0 Å². The smallest absolute Gasteiger partial charge is 0.161 e. The van der Waals surface area contributed by atoms with Crippen LogP contribution in [0.25, 0.3) is 12.2 Å². The number of benzene rings is 1. The van der Waals surface area contributed by atoms with Gasteiger partial charge in [-0.1, -0.05) is 12.1 Å². The highest BCUT2D eigenvalue weighted by molar-refractivity contribution is 7.12. The Morgan fingerprint density at radius 3 is 2.33 bits per heavy atom. The first-order valence-electron chi connectivity index (χ1n) is 5.69. The van der Waals surface area contributed by atoms with Crippen LogP contribution in [0.15, 0.2) is 30.3 Å². The van der Waals surface area contributed by atoms with E-state index in [1.54, 1.807) is 25.6 Å². The lowest BCUT2D eigenvalue weighted by Gasteiger charge is -2.07. The number of aryl methyl sites for hydroxylation is 1. The van der Waals surface area contributed by atoms with Gasteiger partial charge in [-0.15, -0.1) is 11.3 Å². The van der Waals surface area contributed by atoms with E-state index in [0.717, 1.165) is 17.1 Å². The Morgan fingerprint density at radius 1 is 0.944 bits per heavy atom. The van der Waals surface area contributed by atoms with Crippen molar-refractivity contribution in [3.05, 3.63) is 45.6 Å². The van der Waals surface area contributed by atoms with Crippen LogP contribution >= 0.6 is 11.3 Å². The minimum atomic E-state index is 0.751. The minimum absolute atomic E-state index is 0.751. The van der Waals surface area contributed by atoms with E-state index in [1.807, 2.05) is 18.2 Å². The van der Waals surface area contributed by atoms with Crippen molar-refractivity contribution in [2.24, 2.45) is 0 Å². The lowest BCUT2D eigenvalue weighted by atomic mass is 10.2. The van der Waals surface area contributed by atoms with Gasteiger partial charge in [0.15, 0.2) is 11.5 Å². The molecule has 0 saturated heterocycles. The molecular weight excluding hydrogens is 244 g/mol. The van der Waals surface area contributed by atoms with E-state index < -0.39 is 0 Å². The maximum Gasteiger partial charge on any atom is 0.161 e. The lowest BCUT2D eigenvalue weighted by Crippen LogP contribution is -1.90. The summed E-state index contributed by atoms with van der Waals surface area (Å²) < 4.78 is 10.5. The number of hydrogen-bond acceptors (Lipinski definition) is 3. The van der Waals surface area contributed by atoms with Gasteiger partial charge in [0.25, 0.3) is 0 Å². The van der Waals surface area contributed by atoms with E-state index in [9.17, 15) is 0 Å². The molecule has 18 heavy (non-hydrogen) atoms. The third kappa shape index (κ3) is 2.93. The summed E-state index contributed by atoms with van der Waals surface area (Å²) in [6.45, 7) is 2.11. The molecule has 0 amide bonds. The Hall–Kier alpha value is -1.74. The van der Waals surface area contributed by atoms with Crippen LogP contribution < -0.4 is 9.47 Å². The molecule has 0 N–H and O–H groups in total. The third-order valence-corrected chi connectivity index (χ3v) is 3.57. The van der Waals surface area contributed by atoms with Crippen molar-refractivity contribution in [1.29, 1.82) is 0 Å². The topological polar surface area (TPSA) is 18.5 Å². The quantitative estimate of drug-likeness (QED) is 0.818. The molecule has 0 unspecified atom stereocenters. The van der Waals surface area contributed by atoms with Crippen molar-refractivity contribution in [1.82, 2.24) is 0 Å². The van der Waals surface area contributed by atoms with Crippen molar-refractivity contribution < 1.29 is 9.47 Å². The zero-order valence-electron chi connectivity index (χ0n) is 10.8. The number of thiophene rings is 1. The van der Waals surface area contributed by atoms with Crippen molar-refractivity contribution >= 4 is 23.5 Å². The summed E-state index contributed by atoms with van der Waals surface area (Å²) in [5, 5.41) is 0. The molecule has 2 nitrogen and oxygen atoms in total. The fraction of sp³-hybridized carbons (Fsp3) is 0.200. The third-order valence-electron chi connectivity index (χ3n) is 2.61. The van der Waals surface area contributed by atoms with Crippen LogP contribution in [0.2, 0.25) is 0 Å². The number of ether oxygens (including phenoxy) is 2. The van der Waals surface area contributed by atoms with E-state index in [1.165, 1.54) is 9.75 Å². The molecule has 0 aliphatic rings. The molecule has 0 fully saturated rings. The highest BCUT2D eigenvalue weighted by Crippen LogP contribution is 2.28. The second-order valence-electron chi connectivity index (χ2n) is 3.90. The van der Waals surface area contributed by atoms with Crippen molar-refractivity contribution in [2.75, 3.05) is 14.2 Å². The van der Waals surface area contributed by atoms with E-state index in [4.69, 9.17) is 9.47 Å². The van der Waals surface area contributed by atoms with Crippen LogP contribution in [-0.2, 0) is 0 Å². The molecule has 1 aromatic carbocycles. The molecule has 0 radical (unpaired) electrons. The average Bonchev–Trinajstić information content (AvgIpc) is 2.81. The molecular formula is C15H16O2S. The molecule has 94 valence electrons. The molecule has 0 aliphatic heterocycles. The Balaban J connectivity index is 2.21. The summed E-state index contributed by atoms with van der Waals surface area (Å²) in [6, 6.07) is 10.1. The average molecular weight is 260 g/mol. The molecule has 2 rings (SSSR count). The summed E-state index contributed by atoms with van der Waals surface area (Å²) in [5.41, 5.74) is 1.10. The van der Waals surface area contributed by atoms with Crippen molar-refractivity contribution in [2.45, 2.75) is 6.92 Å². The molecule has 0 saturated carbocycles. The fourth-order valence-electron chi connectivity index (χ4n) is 1.68. The van der Waals surface area contributed by atoms with Crippen LogP contribution in [-0.4, -0.2) is 14.2 Å². The van der Waals surface area contributed by atoms with Crippen molar-refractivity contribution in [3.63, 3.8) is 0 Å². The zero-order valence-corrected chi connectivity index (χ0v) is 11.6. The predicted molar refractivity (Wildman–Crippen MR) is 77.5 cm³/mol. The SMILES string of the molecule is COc1ccc(/C=C/c2ccc(C)s2)cc1OC. The molecule has 0 bridgehead atoms. The van der Waals surface area contributed by atoms with Gasteiger partial charge in [0, 0.05) is 9.75 Å². The first-order chi connectivity index (χ1) is 8.72. The van der Waals surface area contributed by atoms with Gasteiger partial charge in [0.05, 0.1) is 14.2 Å². The molecule has 0 aliphatic carbocycles. The first kappa shape index (κ1) is 12.7. The van der Waals surface area contributed by atoms with Gasteiger partial charge in [-0.2, -0.15) is 0 Å². The van der Waals surface area contributed by atoms with Gasteiger partial charge in [-0.05, 0) is 42.8 Å². The molecule has 1 aromatic heterocycles. The fourth-order valence-corrected chi connectivity index (χ4v) is 2.46. The molecule has 2 aromatic rings. The van der Waals surface area contributed by atoms with Crippen LogP contribution in [0.4, 0.5) is 0 Å². The van der Waals surface area contributed by atoms with Crippen molar-refractivity contribution in [3.8, 4) is 11.5 Å². The summed E-state index contributed by atoms with van der Waals surface area (Å²) in [5.74, 6) is 1.50. The second-order valence-corrected chi connectivity index (χ2v) is 5.22. The zero-order chi connectivity index (χ0) is 13.0. The summed E-state index contributed by atoms with van der Waals surface area (Å²) >= 11 is 1.78. The molecule has 1 heterocycles. The highest BCUT2D eigenvalue weighted by Gasteiger charge is 2.02. The number of hydrogen-bond donors (Lipinski definition) is 0. The molecule has 0 spiro atoms. The van der Waals surface area contributed by atoms with Crippen LogP contribution in [0, 0.1) is 6.92 Å². The van der Waals surface area contributed by atoms with E-state index in [2.05, 4.69) is 31.2 Å². The van der Waals surface area contributed by atoms with Crippen LogP contribution in [0.5, 0.6) is 11.5 Å². The van der Waals surface area contributed by atoms with Gasteiger partial charge in [-0.3, -0.25) is 0 Å². The summed E-state index contributed by atoms with van der Waals surface area (Å²) in [7, 11) is 3.29. The Kier molecular flexibility index (Phi) is 4.05. The number of methoxy groups -OCH3 is 2. The minimum Gasteiger partial charge on any atom is -0.493 e. The highest BCUT2D eigenvalue weighted by atomic mass is 32.1. The van der Waals surface area contributed by atoms with Gasteiger partial charge in [0.2, 0.25) is 0 Å². The van der Waals surface area contributed by atoms with Gasteiger partial charge >= 0.3 is 0 Å². The van der Waals surface area contributed by atoms with Gasteiger partial charge in [-0.25, -0.2) is 0 Å². The predicted octanol–water partition coefficient (Wildman–Crippen LogP) is 4.24. The van der Waals surface area contributed by atoms with E-state index in [0.29, 0.717) is 0 Å². The molecule has 0 atom stereocenters. The standard InChI is InChI=1S/C15H16O2S/c1-11-4-7-13(18-11)8-5-12-6-9-14(16-2)15(10-12)17-3/h4-10H,1-3H3/b8-5+. The maximum absolute atomic E-state index is 5.28. The van der Waals surface area contributed by atoms with Crippen LogP contribution in [0.3, 0.4) is 0 Å². The number of rotatable bonds is 4. The summed E-state index contributed by atoms with van der Waals surface area (Å²) in [6.07, 6.45) is 4.19. The Bertz CT molecular complexity index is 555. The van der Waals surface area contributed by atoms with E-state index in [-0.39, 0.29) is 0 Å². The van der Waals surface area contributed by atoms with Gasteiger partial charge < -0.3 is 9.47 Å². The normalized spacial score (nSPS) is 10.8. The molecule has 3 heteroatoms. The lowest BCUT2D eigenvalue weighted by molar-refractivity contribution is 0.355. The monoisotopic (exact) mass is 260 g/mol.